The average Bonchev–Trinajstić information content (AvgIpc) is 2.35. The van der Waals surface area contributed by atoms with Crippen LogP contribution >= 0.6 is 0 Å². The summed E-state index contributed by atoms with van der Waals surface area (Å²) in [4.78, 5) is 16.9. The molecule has 9 heteroatoms. The van der Waals surface area contributed by atoms with Gasteiger partial charge in [-0.05, 0) is 32.9 Å². The van der Waals surface area contributed by atoms with Crippen molar-refractivity contribution in [3.63, 3.8) is 0 Å². The summed E-state index contributed by atoms with van der Waals surface area (Å²) in [6.07, 6.45) is 1.20. The standard InChI is InChI=1S/C7H8O2S.C5H11NO4S/c1-10(8,9)7-5-3-2-4-6-7;1-5(2,3)4(7)10-6-11(8)9/h2-6H,1H3;6H,1-3H3,(H,8,9)/p-1. The molecule has 0 aliphatic heterocycles. The van der Waals surface area contributed by atoms with Crippen molar-refractivity contribution in [2.45, 2.75) is 25.7 Å². The van der Waals surface area contributed by atoms with Gasteiger partial charge in [-0.25, -0.2) is 13.2 Å². The predicted molar refractivity (Wildman–Crippen MR) is 77.2 cm³/mol. The Bertz CT molecular complexity index is 578. The maximum absolute atomic E-state index is 10.8. The number of carbonyl (C=O) groups excluding carboxylic acids is 1. The minimum absolute atomic E-state index is 0.370. The van der Waals surface area contributed by atoms with Crippen molar-refractivity contribution in [3.05, 3.63) is 30.3 Å². The van der Waals surface area contributed by atoms with Gasteiger partial charge in [0, 0.05) is 6.26 Å². The number of hydrogen-bond acceptors (Lipinski definition) is 6. The molecule has 0 radical (unpaired) electrons. The van der Waals surface area contributed by atoms with Crippen molar-refractivity contribution in [3.8, 4) is 0 Å². The fraction of sp³-hybridized carbons (Fsp3) is 0.417. The molecule has 120 valence electrons. The first-order valence-electron chi connectivity index (χ1n) is 5.76. The molecule has 0 aromatic heterocycles. The van der Waals surface area contributed by atoms with E-state index in [1.165, 1.54) is 11.1 Å². The Balaban J connectivity index is 0.000000382. The lowest BCUT2D eigenvalue weighted by Crippen LogP contribution is -2.30. The second kappa shape index (κ2) is 8.23. The third kappa shape index (κ3) is 9.29. The smallest absolute Gasteiger partial charge is 0.331 e. The highest BCUT2D eigenvalue weighted by Crippen LogP contribution is 2.13. The van der Waals surface area contributed by atoms with Crippen LogP contribution in [0, 0.1) is 5.41 Å². The number of carbonyl (C=O) groups is 1. The Labute approximate surface area is 127 Å². The van der Waals surface area contributed by atoms with Crippen molar-refractivity contribution >= 4 is 27.1 Å². The quantitative estimate of drug-likeness (QED) is 0.650. The van der Waals surface area contributed by atoms with Gasteiger partial charge in [0.25, 0.3) is 0 Å². The summed E-state index contributed by atoms with van der Waals surface area (Å²) in [7, 11) is -3.00. The molecule has 0 saturated heterocycles. The molecule has 21 heavy (non-hydrogen) atoms. The predicted octanol–water partition coefficient (Wildman–Crippen LogP) is 0.964. The Kier molecular flexibility index (Phi) is 7.72. The zero-order chi connectivity index (χ0) is 16.7. The Morgan fingerprint density at radius 3 is 2.00 bits per heavy atom. The second-order valence-electron chi connectivity index (χ2n) is 5.04. The van der Waals surface area contributed by atoms with Crippen LogP contribution in [0.25, 0.3) is 0 Å². The molecular formula is C12H18NO6S2-. The molecular weight excluding hydrogens is 318 g/mol. The highest BCUT2D eigenvalue weighted by atomic mass is 32.2. The zero-order valence-corrected chi connectivity index (χ0v) is 13.8. The van der Waals surface area contributed by atoms with E-state index < -0.39 is 32.5 Å². The third-order valence-electron chi connectivity index (χ3n) is 1.99. The number of benzene rings is 1. The largest absolute Gasteiger partial charge is 0.758 e. The molecule has 0 amide bonds. The van der Waals surface area contributed by atoms with E-state index in [2.05, 4.69) is 4.84 Å². The Morgan fingerprint density at radius 2 is 1.71 bits per heavy atom. The highest BCUT2D eigenvalue weighted by molar-refractivity contribution is 7.90. The zero-order valence-electron chi connectivity index (χ0n) is 12.2. The lowest BCUT2D eigenvalue weighted by atomic mass is 9.98. The maximum atomic E-state index is 10.8. The van der Waals surface area contributed by atoms with Gasteiger partial charge in [0.2, 0.25) is 0 Å². The summed E-state index contributed by atoms with van der Waals surface area (Å²) < 4.78 is 41.4. The minimum atomic E-state index is -3.00. The van der Waals surface area contributed by atoms with Gasteiger partial charge < -0.3 is 9.39 Å². The summed E-state index contributed by atoms with van der Waals surface area (Å²) in [5, 5.41) is 0. The molecule has 0 heterocycles. The number of nitrogens with one attached hydrogen (secondary N) is 1. The van der Waals surface area contributed by atoms with Gasteiger partial charge in [0.05, 0.1) is 21.6 Å². The molecule has 0 aliphatic rings. The van der Waals surface area contributed by atoms with E-state index >= 15 is 0 Å². The van der Waals surface area contributed by atoms with Gasteiger partial charge in [0.15, 0.2) is 9.84 Å². The minimum Gasteiger partial charge on any atom is -0.758 e. The van der Waals surface area contributed by atoms with E-state index in [1.807, 2.05) is 0 Å². The van der Waals surface area contributed by atoms with Crippen LogP contribution in [-0.2, 0) is 30.7 Å². The van der Waals surface area contributed by atoms with Crippen molar-refractivity contribution in [1.82, 2.24) is 4.89 Å². The van der Waals surface area contributed by atoms with Crippen LogP contribution in [0.1, 0.15) is 20.8 Å². The summed E-state index contributed by atoms with van der Waals surface area (Å²) in [5.74, 6) is -0.623. The molecule has 1 unspecified atom stereocenters. The summed E-state index contributed by atoms with van der Waals surface area (Å²) in [5.41, 5.74) is -0.702. The van der Waals surface area contributed by atoms with Crippen LogP contribution in [0.5, 0.6) is 0 Å². The lowest BCUT2D eigenvalue weighted by Gasteiger charge is -2.16. The molecule has 0 fully saturated rings. The molecule has 0 aliphatic carbocycles. The normalized spacial score (nSPS) is 12.8. The van der Waals surface area contributed by atoms with Crippen molar-refractivity contribution in [1.29, 1.82) is 0 Å². The van der Waals surface area contributed by atoms with Crippen LogP contribution in [0.3, 0.4) is 0 Å². The molecule has 1 atom stereocenters. The van der Waals surface area contributed by atoms with Gasteiger partial charge in [0.1, 0.15) is 0 Å². The van der Waals surface area contributed by atoms with E-state index in [0.29, 0.717) is 4.90 Å². The summed E-state index contributed by atoms with van der Waals surface area (Å²) >= 11 is -2.56. The van der Waals surface area contributed by atoms with Crippen LogP contribution in [0.4, 0.5) is 0 Å². The van der Waals surface area contributed by atoms with Crippen molar-refractivity contribution in [2.24, 2.45) is 5.41 Å². The average molecular weight is 336 g/mol. The fourth-order valence-corrected chi connectivity index (χ4v) is 1.69. The van der Waals surface area contributed by atoms with E-state index in [-0.39, 0.29) is 0 Å². The SMILES string of the molecule is CC(C)(C)C(=O)ONS(=O)[O-].CS(=O)(=O)c1ccccc1. The van der Waals surface area contributed by atoms with Gasteiger partial charge in [-0.2, -0.15) is 0 Å². The molecule has 0 saturated carbocycles. The Morgan fingerprint density at radius 1 is 1.24 bits per heavy atom. The van der Waals surface area contributed by atoms with Crippen LogP contribution in [0.15, 0.2) is 35.2 Å². The fourth-order valence-electron chi connectivity index (χ4n) is 0.893. The molecule has 1 rings (SSSR count). The molecule has 1 aromatic carbocycles. The van der Waals surface area contributed by atoms with E-state index in [4.69, 9.17) is 0 Å². The summed E-state index contributed by atoms with van der Waals surface area (Å²) in [6.45, 7) is 4.85. The van der Waals surface area contributed by atoms with Crippen molar-refractivity contribution in [2.75, 3.05) is 6.26 Å². The van der Waals surface area contributed by atoms with Gasteiger partial charge in [-0.3, -0.25) is 4.21 Å². The van der Waals surface area contributed by atoms with Gasteiger partial charge >= 0.3 is 5.97 Å². The van der Waals surface area contributed by atoms with Crippen LogP contribution < -0.4 is 4.89 Å². The van der Waals surface area contributed by atoms with Crippen LogP contribution in [0.2, 0.25) is 0 Å². The topological polar surface area (TPSA) is 113 Å². The number of sulfone groups is 1. The molecule has 0 spiro atoms. The first kappa shape index (κ1) is 19.7. The molecule has 1 aromatic rings. The highest BCUT2D eigenvalue weighted by Gasteiger charge is 2.23. The second-order valence-corrected chi connectivity index (χ2v) is 7.69. The number of rotatable bonds is 3. The van der Waals surface area contributed by atoms with Crippen molar-refractivity contribution < 1.29 is 26.8 Å². The van der Waals surface area contributed by atoms with Gasteiger partial charge in [-0.1, -0.05) is 23.1 Å². The monoisotopic (exact) mass is 336 g/mol. The summed E-state index contributed by atoms with van der Waals surface area (Å²) in [6, 6.07) is 8.35. The molecule has 7 nitrogen and oxygen atoms in total. The van der Waals surface area contributed by atoms with Crippen LogP contribution in [-0.4, -0.2) is 29.4 Å². The molecule has 0 bridgehead atoms. The lowest BCUT2D eigenvalue weighted by molar-refractivity contribution is -0.156. The maximum Gasteiger partial charge on any atom is 0.331 e. The van der Waals surface area contributed by atoms with E-state index in [0.717, 1.165) is 0 Å². The van der Waals surface area contributed by atoms with Gasteiger partial charge in [-0.15, -0.1) is 0 Å². The third-order valence-corrected chi connectivity index (χ3v) is 3.33. The first-order valence-corrected chi connectivity index (χ1v) is 8.72. The number of hydrogen-bond donors (Lipinski definition) is 1. The van der Waals surface area contributed by atoms with E-state index in [9.17, 15) is 22.0 Å². The Hall–Kier alpha value is -1.29. The first-order chi connectivity index (χ1) is 9.44. The van der Waals surface area contributed by atoms with E-state index in [1.54, 1.807) is 51.1 Å². The molecule has 1 N–H and O–H groups in total.